The maximum absolute atomic E-state index is 11.8. The van der Waals surface area contributed by atoms with Crippen LogP contribution >= 0.6 is 11.6 Å². The molecule has 1 aromatic carbocycles. The Morgan fingerprint density at radius 3 is 2.25 bits per heavy atom. The van der Waals surface area contributed by atoms with E-state index in [2.05, 4.69) is 0 Å². The van der Waals surface area contributed by atoms with E-state index in [-0.39, 0.29) is 12.2 Å². The first-order valence-electron chi connectivity index (χ1n) is 5.06. The van der Waals surface area contributed by atoms with Crippen LogP contribution in [-0.4, -0.2) is 16.9 Å². The summed E-state index contributed by atoms with van der Waals surface area (Å²) in [5.74, 6) is -0.994. The summed E-state index contributed by atoms with van der Waals surface area (Å²) in [5, 5.41) is 9.54. The number of carboxylic acid groups (broad SMARTS) is 1. The molecule has 0 heterocycles. The van der Waals surface area contributed by atoms with Crippen molar-refractivity contribution in [2.45, 2.75) is 19.3 Å². The lowest BCUT2D eigenvalue weighted by atomic mass is 9.96. The third-order valence-corrected chi connectivity index (χ3v) is 3.22. The minimum absolute atomic E-state index is 0.0873. The molecular formula is C12H11ClO3. The second-order valence-electron chi connectivity index (χ2n) is 4.19. The van der Waals surface area contributed by atoms with Gasteiger partial charge in [0.2, 0.25) is 0 Å². The van der Waals surface area contributed by atoms with Gasteiger partial charge in [-0.2, -0.15) is 0 Å². The average molecular weight is 239 g/mol. The van der Waals surface area contributed by atoms with E-state index in [0.717, 1.165) is 0 Å². The van der Waals surface area contributed by atoms with Crippen LogP contribution in [0.15, 0.2) is 24.3 Å². The van der Waals surface area contributed by atoms with Gasteiger partial charge >= 0.3 is 5.97 Å². The third-order valence-electron chi connectivity index (χ3n) is 2.97. The first-order valence-corrected chi connectivity index (χ1v) is 5.43. The van der Waals surface area contributed by atoms with Gasteiger partial charge in [-0.3, -0.25) is 9.59 Å². The summed E-state index contributed by atoms with van der Waals surface area (Å²) in [4.78, 5) is 22.7. The zero-order valence-electron chi connectivity index (χ0n) is 8.57. The lowest BCUT2D eigenvalue weighted by Gasteiger charge is -2.08. The summed E-state index contributed by atoms with van der Waals surface area (Å²) in [7, 11) is 0. The highest BCUT2D eigenvalue weighted by Gasteiger charge is 2.51. The van der Waals surface area contributed by atoms with E-state index in [1.54, 1.807) is 24.3 Å². The molecule has 1 fully saturated rings. The Morgan fingerprint density at radius 1 is 1.25 bits per heavy atom. The maximum Gasteiger partial charge on any atom is 0.310 e. The molecule has 0 spiro atoms. The van der Waals surface area contributed by atoms with Gasteiger partial charge in [-0.1, -0.05) is 11.6 Å². The normalized spacial score (nSPS) is 16.8. The molecule has 1 aliphatic rings. The summed E-state index contributed by atoms with van der Waals surface area (Å²) in [6.07, 6.45) is 1.29. The number of aliphatic carboxylic acids is 1. The number of hydrogen-bond donors (Lipinski definition) is 1. The largest absolute Gasteiger partial charge is 0.481 e. The predicted octanol–water partition coefficient (Wildman–Crippen LogP) is 2.78. The third kappa shape index (κ3) is 2.09. The number of carbonyl (C=O) groups excluding carboxylic acids is 1. The summed E-state index contributed by atoms with van der Waals surface area (Å²) < 4.78 is 0. The van der Waals surface area contributed by atoms with Crippen molar-refractivity contribution in [1.82, 2.24) is 0 Å². The van der Waals surface area contributed by atoms with Gasteiger partial charge in [0.1, 0.15) is 0 Å². The van der Waals surface area contributed by atoms with Gasteiger partial charge in [0.15, 0.2) is 5.78 Å². The summed E-state index contributed by atoms with van der Waals surface area (Å²) >= 11 is 5.71. The van der Waals surface area contributed by atoms with Crippen molar-refractivity contribution in [3.63, 3.8) is 0 Å². The summed E-state index contributed by atoms with van der Waals surface area (Å²) in [6, 6.07) is 6.52. The van der Waals surface area contributed by atoms with Crippen LogP contribution in [0.4, 0.5) is 0 Å². The molecule has 16 heavy (non-hydrogen) atoms. The fraction of sp³-hybridized carbons (Fsp3) is 0.333. The molecule has 0 aliphatic heterocycles. The standard InChI is InChI=1S/C12H11ClO3/c13-9-3-1-8(2-4-9)10(14)7-12(5-6-12)11(15)16/h1-4H,5-7H2,(H,15,16). The highest BCUT2D eigenvalue weighted by atomic mass is 35.5. The number of rotatable bonds is 4. The van der Waals surface area contributed by atoms with Crippen molar-refractivity contribution < 1.29 is 14.7 Å². The Kier molecular flexibility index (Phi) is 2.72. The number of Topliss-reactive ketones (excluding diaryl/α,β-unsaturated/α-hetero) is 1. The number of benzene rings is 1. The molecule has 84 valence electrons. The van der Waals surface area contributed by atoms with E-state index < -0.39 is 11.4 Å². The zero-order valence-corrected chi connectivity index (χ0v) is 9.33. The van der Waals surface area contributed by atoms with E-state index in [9.17, 15) is 9.59 Å². The van der Waals surface area contributed by atoms with Crippen LogP contribution < -0.4 is 0 Å². The fourth-order valence-corrected chi connectivity index (χ4v) is 1.79. The molecule has 0 unspecified atom stereocenters. The maximum atomic E-state index is 11.8. The Hall–Kier alpha value is -1.35. The van der Waals surface area contributed by atoms with E-state index in [1.165, 1.54) is 0 Å². The fourth-order valence-electron chi connectivity index (χ4n) is 1.66. The summed E-state index contributed by atoms with van der Waals surface area (Å²) in [5.41, 5.74) is -0.270. The van der Waals surface area contributed by atoms with Crippen LogP contribution in [0.2, 0.25) is 5.02 Å². The quantitative estimate of drug-likeness (QED) is 0.821. The van der Waals surface area contributed by atoms with E-state index >= 15 is 0 Å². The topological polar surface area (TPSA) is 54.4 Å². The molecular weight excluding hydrogens is 228 g/mol. The monoisotopic (exact) mass is 238 g/mol. The van der Waals surface area contributed by atoms with E-state index in [1.807, 2.05) is 0 Å². The zero-order chi connectivity index (χ0) is 11.8. The Balaban J connectivity index is 2.09. The molecule has 0 saturated heterocycles. The van der Waals surface area contributed by atoms with Crippen molar-refractivity contribution in [2.24, 2.45) is 5.41 Å². The number of ketones is 1. The molecule has 4 heteroatoms. The molecule has 1 aliphatic carbocycles. The molecule has 2 rings (SSSR count). The van der Waals surface area contributed by atoms with Crippen LogP contribution in [0.5, 0.6) is 0 Å². The molecule has 0 aromatic heterocycles. The van der Waals surface area contributed by atoms with Crippen LogP contribution in [0, 0.1) is 5.41 Å². The Bertz CT molecular complexity index is 432. The van der Waals surface area contributed by atoms with E-state index in [4.69, 9.17) is 16.7 Å². The van der Waals surface area contributed by atoms with Crippen LogP contribution in [0.1, 0.15) is 29.6 Å². The van der Waals surface area contributed by atoms with E-state index in [0.29, 0.717) is 23.4 Å². The lowest BCUT2D eigenvalue weighted by molar-refractivity contribution is -0.143. The van der Waals surface area contributed by atoms with Crippen LogP contribution in [-0.2, 0) is 4.79 Å². The Morgan fingerprint density at radius 2 is 1.81 bits per heavy atom. The first-order chi connectivity index (χ1) is 7.53. The second kappa shape index (κ2) is 3.91. The van der Waals surface area contributed by atoms with Gasteiger partial charge in [-0.25, -0.2) is 0 Å². The van der Waals surface area contributed by atoms with Crippen molar-refractivity contribution in [3.05, 3.63) is 34.9 Å². The van der Waals surface area contributed by atoms with Crippen LogP contribution in [0.3, 0.4) is 0 Å². The van der Waals surface area contributed by atoms with Crippen molar-refractivity contribution >= 4 is 23.4 Å². The van der Waals surface area contributed by atoms with Gasteiger partial charge in [0.05, 0.1) is 5.41 Å². The van der Waals surface area contributed by atoms with Crippen LogP contribution in [0.25, 0.3) is 0 Å². The van der Waals surface area contributed by atoms with Crippen molar-refractivity contribution in [1.29, 1.82) is 0 Å². The SMILES string of the molecule is O=C(CC1(C(=O)O)CC1)c1ccc(Cl)cc1. The van der Waals surface area contributed by atoms with Gasteiger partial charge < -0.3 is 5.11 Å². The molecule has 0 radical (unpaired) electrons. The van der Waals surface area contributed by atoms with Gasteiger partial charge in [0, 0.05) is 17.0 Å². The number of carboxylic acids is 1. The predicted molar refractivity (Wildman–Crippen MR) is 59.7 cm³/mol. The number of halogens is 1. The minimum atomic E-state index is -0.866. The van der Waals surface area contributed by atoms with Gasteiger partial charge in [0.25, 0.3) is 0 Å². The molecule has 0 atom stereocenters. The second-order valence-corrected chi connectivity index (χ2v) is 4.63. The van der Waals surface area contributed by atoms with Crippen molar-refractivity contribution in [3.8, 4) is 0 Å². The summed E-state index contributed by atoms with van der Waals surface area (Å²) in [6.45, 7) is 0. The molecule has 0 amide bonds. The molecule has 3 nitrogen and oxygen atoms in total. The van der Waals surface area contributed by atoms with Gasteiger partial charge in [-0.05, 0) is 37.1 Å². The molecule has 0 bridgehead atoms. The smallest absolute Gasteiger partial charge is 0.310 e. The number of carbonyl (C=O) groups is 2. The molecule has 1 saturated carbocycles. The van der Waals surface area contributed by atoms with Gasteiger partial charge in [-0.15, -0.1) is 0 Å². The minimum Gasteiger partial charge on any atom is -0.481 e. The average Bonchev–Trinajstić information content (AvgIpc) is 3.00. The highest BCUT2D eigenvalue weighted by Crippen LogP contribution is 2.49. The number of hydrogen-bond acceptors (Lipinski definition) is 2. The van der Waals surface area contributed by atoms with Crippen molar-refractivity contribution in [2.75, 3.05) is 0 Å². The lowest BCUT2D eigenvalue weighted by Crippen LogP contribution is -2.19. The highest BCUT2D eigenvalue weighted by molar-refractivity contribution is 6.30. The first kappa shape index (κ1) is 11.1. The Labute approximate surface area is 98.0 Å². The molecule has 1 N–H and O–H groups in total. The molecule has 1 aromatic rings.